The summed E-state index contributed by atoms with van der Waals surface area (Å²) in [6, 6.07) is 16.4. The maximum absolute atomic E-state index is 14.6. The number of rotatable bonds is 17. The Balaban J connectivity index is 1.07. The SMILES string of the molecule is C=CCOC(=O)N[C@H](CSCC1c2ccccc2-c2ccccc21)C(=O)OC[C@H]1C2=C3OCOC3=C(C)C(=O)[C@@]2(O)CC2[C@H]3c4c(cc(C)c(OC)c4OCOCCOC)CC([C@H](C#N)N21)N3C. The average Bonchev–Trinajstić information content (AvgIpc) is 3.95. The lowest BCUT2D eigenvalue weighted by atomic mass is 9.65. The molecule has 9 rings (SSSR count). The molecule has 2 bridgehead atoms. The molecule has 2 N–H and O–H groups in total. The number of fused-ring (bicyclic) bond motifs is 11. The Morgan fingerprint density at radius 3 is 2.46 bits per heavy atom. The van der Waals surface area contributed by atoms with Gasteiger partial charge in [0.2, 0.25) is 6.79 Å². The number of esters is 1. The topological polar surface area (TPSA) is 188 Å². The van der Waals surface area contributed by atoms with E-state index in [1.54, 1.807) is 21.1 Å². The van der Waals surface area contributed by atoms with Crippen molar-refractivity contribution in [3.63, 3.8) is 0 Å². The molecule has 3 aromatic rings. The highest BCUT2D eigenvalue weighted by molar-refractivity contribution is 7.99. The van der Waals surface area contributed by atoms with E-state index in [4.69, 9.17) is 37.9 Å². The normalized spacial score (nSPS) is 25.0. The van der Waals surface area contributed by atoms with Gasteiger partial charge in [-0.1, -0.05) is 67.3 Å². The monoisotopic (exact) mass is 948 g/mol. The number of piperidine rings is 1. The zero-order valence-electron chi connectivity index (χ0n) is 38.8. The van der Waals surface area contributed by atoms with Gasteiger partial charge in [0, 0.05) is 59.7 Å². The van der Waals surface area contributed by atoms with Crippen molar-refractivity contribution in [2.24, 2.45) is 0 Å². The number of carbonyl (C=O) groups is 3. The third-order valence-electron chi connectivity index (χ3n) is 14.1. The van der Waals surface area contributed by atoms with Crippen molar-refractivity contribution < 1.29 is 57.4 Å². The van der Waals surface area contributed by atoms with Gasteiger partial charge in [0.05, 0.1) is 38.5 Å². The van der Waals surface area contributed by atoms with Crippen LogP contribution in [0.3, 0.4) is 0 Å². The van der Waals surface area contributed by atoms with Gasteiger partial charge in [-0.05, 0) is 60.7 Å². The van der Waals surface area contributed by atoms with E-state index in [2.05, 4.69) is 47.1 Å². The quantitative estimate of drug-likeness (QED) is 0.0751. The number of methoxy groups -OCH3 is 2. The Labute approximate surface area is 399 Å². The molecule has 2 unspecified atom stereocenters. The number of alkyl carbamates (subject to hydrolysis) is 1. The van der Waals surface area contributed by atoms with Crippen LogP contribution in [0.5, 0.6) is 11.5 Å². The number of nitriles is 1. The van der Waals surface area contributed by atoms with Crippen molar-refractivity contribution in [3.8, 4) is 28.7 Å². The van der Waals surface area contributed by atoms with E-state index in [-0.39, 0.29) is 60.9 Å². The Hall–Kier alpha value is -5.87. The number of benzene rings is 3. The predicted octanol–water partition coefficient (Wildman–Crippen LogP) is 5.47. The van der Waals surface area contributed by atoms with Gasteiger partial charge >= 0.3 is 12.1 Å². The van der Waals surface area contributed by atoms with E-state index >= 15 is 0 Å². The third kappa shape index (κ3) is 8.10. The fourth-order valence-electron chi connectivity index (χ4n) is 11.2. The third-order valence-corrected chi connectivity index (χ3v) is 15.2. The van der Waals surface area contributed by atoms with Crippen molar-refractivity contribution in [2.75, 3.05) is 72.8 Å². The minimum absolute atomic E-state index is 0.0490. The molecule has 3 aromatic carbocycles. The summed E-state index contributed by atoms with van der Waals surface area (Å²) in [6.07, 6.45) is 0.886. The second-order valence-corrected chi connectivity index (χ2v) is 18.8. The molecule has 0 radical (unpaired) electrons. The van der Waals surface area contributed by atoms with Crippen molar-refractivity contribution in [1.82, 2.24) is 15.1 Å². The number of ether oxygens (including phenoxy) is 8. The first-order chi connectivity index (χ1) is 33.0. The second kappa shape index (κ2) is 19.6. The fraction of sp³-hybridized carbons (Fsp3) is 0.451. The molecule has 3 fully saturated rings. The Kier molecular flexibility index (Phi) is 13.6. The van der Waals surface area contributed by atoms with E-state index in [0.717, 1.165) is 16.7 Å². The Morgan fingerprint density at radius 1 is 1.04 bits per heavy atom. The summed E-state index contributed by atoms with van der Waals surface area (Å²) in [4.78, 5) is 46.4. The van der Waals surface area contributed by atoms with Gasteiger partial charge in [-0.25, -0.2) is 9.59 Å². The highest BCUT2D eigenvalue weighted by Crippen LogP contribution is 2.57. The molecule has 68 heavy (non-hydrogen) atoms. The summed E-state index contributed by atoms with van der Waals surface area (Å²) in [5, 5.41) is 26.9. The van der Waals surface area contributed by atoms with Gasteiger partial charge in [-0.15, -0.1) is 0 Å². The molecule has 0 aromatic heterocycles. The molecular formula is C51H56N4O12S. The van der Waals surface area contributed by atoms with Crippen LogP contribution in [0, 0.1) is 18.3 Å². The summed E-state index contributed by atoms with van der Waals surface area (Å²) >= 11 is 1.49. The molecule has 0 saturated carbocycles. The van der Waals surface area contributed by atoms with Crippen molar-refractivity contribution in [1.29, 1.82) is 5.26 Å². The number of Topliss-reactive ketones (excluding diaryl/α,β-unsaturated/α-hetero) is 1. The number of hydrogen-bond acceptors (Lipinski definition) is 16. The number of likely N-dealkylation sites (N-methyl/N-ethyl adjacent to an activating group) is 1. The van der Waals surface area contributed by atoms with Gasteiger partial charge in [-0.3, -0.25) is 14.6 Å². The van der Waals surface area contributed by atoms with Gasteiger partial charge in [0.1, 0.15) is 25.3 Å². The van der Waals surface area contributed by atoms with Crippen molar-refractivity contribution in [2.45, 2.75) is 74.5 Å². The number of ketones is 1. The molecule has 16 nitrogen and oxygen atoms in total. The maximum Gasteiger partial charge on any atom is 0.408 e. The van der Waals surface area contributed by atoms with E-state index < -0.39 is 66.3 Å². The Bertz CT molecular complexity index is 2570. The van der Waals surface area contributed by atoms with Crippen molar-refractivity contribution >= 4 is 29.6 Å². The van der Waals surface area contributed by atoms with Gasteiger partial charge in [0.15, 0.2) is 41.2 Å². The lowest BCUT2D eigenvalue weighted by Gasteiger charge is -2.62. The van der Waals surface area contributed by atoms with Crippen LogP contribution < -0.4 is 14.8 Å². The van der Waals surface area contributed by atoms with Crippen molar-refractivity contribution in [3.05, 3.63) is 118 Å². The van der Waals surface area contributed by atoms with E-state index in [9.17, 15) is 24.8 Å². The van der Waals surface area contributed by atoms with Crippen LogP contribution in [-0.2, 0) is 44.4 Å². The molecular weight excluding hydrogens is 893 g/mol. The lowest BCUT2D eigenvalue weighted by Crippen LogP contribution is -2.74. The first-order valence-electron chi connectivity index (χ1n) is 22.7. The largest absolute Gasteiger partial charge is 0.493 e. The zero-order valence-corrected chi connectivity index (χ0v) is 39.6. The summed E-state index contributed by atoms with van der Waals surface area (Å²) in [5.74, 6) is 0.749. The number of aryl methyl sites for hydroxylation is 1. The van der Waals surface area contributed by atoms with Crippen LogP contribution in [0.15, 0.2) is 89.9 Å². The van der Waals surface area contributed by atoms with E-state index in [1.165, 1.54) is 40.1 Å². The standard InChI is InChI=1S/C51H56N4O12S/c1-7-16-63-50(58)53-36(25-68-24-35-33-14-10-8-12-31(33)32-13-9-11-15-34(32)35)49(57)64-23-40-42-47-45(66-27-67-47)29(3)48(56)51(42,59)21-38-43-41-30(20-37(54(43)4)39(22-52)55(38)40)19-28(2)44(61-6)46(41)65-26-62-18-17-60-5/h7-15,19,35-40,43,59H,1,16-18,20-21,23-27H2,2-6H3,(H,53,58)/t36-,37?,38?,39+,40+,43+,51-/m1/s1. The van der Waals surface area contributed by atoms with E-state index in [1.807, 2.05) is 49.2 Å². The number of nitrogens with one attached hydrogen (secondary N) is 1. The highest BCUT2D eigenvalue weighted by atomic mass is 32.2. The molecule has 1 amide bonds. The molecule has 0 spiro atoms. The minimum Gasteiger partial charge on any atom is -0.493 e. The minimum atomic E-state index is -2.16. The molecule has 6 aliphatic rings. The first-order valence-corrected chi connectivity index (χ1v) is 23.9. The first kappa shape index (κ1) is 47.2. The van der Waals surface area contributed by atoms with Crippen LogP contribution in [0.4, 0.5) is 4.79 Å². The van der Waals surface area contributed by atoms with Crippen LogP contribution in [0.25, 0.3) is 11.1 Å². The number of nitrogens with zero attached hydrogens (tertiary/aromatic N) is 3. The number of hydrogen-bond donors (Lipinski definition) is 2. The van der Waals surface area contributed by atoms with Crippen LogP contribution in [0.2, 0.25) is 0 Å². The number of piperazine rings is 1. The van der Waals surface area contributed by atoms with E-state index in [0.29, 0.717) is 36.9 Å². The molecule has 7 atom stereocenters. The number of amides is 1. The zero-order chi connectivity index (χ0) is 47.9. The van der Waals surface area contributed by atoms with Gasteiger partial charge < -0.3 is 48.3 Å². The van der Waals surface area contributed by atoms with Crippen LogP contribution >= 0.6 is 11.8 Å². The molecule has 3 saturated heterocycles. The Morgan fingerprint density at radius 2 is 1.76 bits per heavy atom. The molecule has 2 aliphatic carbocycles. The number of carbonyl (C=O) groups excluding carboxylic acids is 3. The number of thioether (sulfide) groups is 1. The maximum atomic E-state index is 14.6. The molecule has 4 aliphatic heterocycles. The summed E-state index contributed by atoms with van der Waals surface area (Å²) in [7, 11) is 5.08. The molecule has 358 valence electrons. The highest BCUT2D eigenvalue weighted by Gasteiger charge is 2.64. The van der Waals surface area contributed by atoms with Crippen LogP contribution in [0.1, 0.15) is 53.1 Å². The summed E-state index contributed by atoms with van der Waals surface area (Å²) in [5.41, 5.74) is 5.42. The molecule has 4 heterocycles. The van der Waals surface area contributed by atoms with Gasteiger partial charge in [0.25, 0.3) is 0 Å². The molecule has 17 heteroatoms. The fourth-order valence-corrected chi connectivity index (χ4v) is 12.4. The number of aliphatic hydroxyl groups is 1. The second-order valence-electron chi connectivity index (χ2n) is 17.8. The van der Waals surface area contributed by atoms with Gasteiger partial charge in [-0.2, -0.15) is 17.0 Å². The average molecular weight is 949 g/mol. The summed E-state index contributed by atoms with van der Waals surface area (Å²) in [6.45, 7) is 6.99. The van der Waals surface area contributed by atoms with Crippen LogP contribution in [-0.4, -0.2) is 141 Å². The lowest BCUT2D eigenvalue weighted by molar-refractivity contribution is -0.159. The predicted molar refractivity (Wildman–Crippen MR) is 250 cm³/mol. The smallest absolute Gasteiger partial charge is 0.408 e. The summed E-state index contributed by atoms with van der Waals surface area (Å²) < 4.78 is 46.8.